The second-order valence-corrected chi connectivity index (χ2v) is 12.7. The number of likely N-dealkylation sites (tertiary alicyclic amines) is 1. The summed E-state index contributed by atoms with van der Waals surface area (Å²) in [5.41, 5.74) is 1.72. The lowest BCUT2D eigenvalue weighted by Gasteiger charge is -2.61. The van der Waals surface area contributed by atoms with E-state index in [1.807, 2.05) is 24.3 Å². The summed E-state index contributed by atoms with van der Waals surface area (Å²) in [6, 6.07) is 11.1. The van der Waals surface area contributed by atoms with E-state index in [0.717, 1.165) is 55.8 Å². The Morgan fingerprint density at radius 3 is 2.59 bits per heavy atom. The van der Waals surface area contributed by atoms with Crippen LogP contribution in [-0.4, -0.2) is 59.8 Å². The Labute approximate surface area is 235 Å². The molecule has 1 saturated heterocycles. The third-order valence-corrected chi connectivity index (χ3v) is 10.1. The number of nitrogens with one attached hydrogen (secondary N) is 3. The predicted octanol–water partition coefficient (Wildman–Crippen LogP) is 5.24. The lowest BCUT2D eigenvalue weighted by molar-refractivity contribution is -0.0734. The SMILES string of the molecule is N#Cc1cnc(NCc2ccccc2Cl)nc1NC[C@]12CC3C[C@H](C1)[C@@H](NC1CCN(CCF)CC1)[C@@H](C3)C2. The lowest BCUT2D eigenvalue weighted by Crippen LogP contribution is -2.61. The van der Waals surface area contributed by atoms with Gasteiger partial charge in [-0.3, -0.25) is 0 Å². The predicted molar refractivity (Wildman–Crippen MR) is 152 cm³/mol. The number of anilines is 2. The summed E-state index contributed by atoms with van der Waals surface area (Å²) in [5.74, 6) is 3.34. The van der Waals surface area contributed by atoms with Gasteiger partial charge in [0.1, 0.15) is 24.1 Å². The molecule has 3 N–H and O–H groups in total. The summed E-state index contributed by atoms with van der Waals surface area (Å²) in [5, 5.41) is 21.3. The second-order valence-electron chi connectivity index (χ2n) is 12.3. The lowest BCUT2D eigenvalue weighted by atomic mass is 9.48. The van der Waals surface area contributed by atoms with Gasteiger partial charge in [0.25, 0.3) is 0 Å². The molecule has 39 heavy (non-hydrogen) atoms. The minimum atomic E-state index is -0.242. The van der Waals surface area contributed by atoms with Gasteiger partial charge >= 0.3 is 0 Å². The molecule has 208 valence electrons. The summed E-state index contributed by atoms with van der Waals surface area (Å²) in [6.45, 7) is 3.72. The smallest absolute Gasteiger partial charge is 0.224 e. The van der Waals surface area contributed by atoms with Gasteiger partial charge in [0.05, 0.1) is 6.20 Å². The van der Waals surface area contributed by atoms with Crippen molar-refractivity contribution in [3.8, 4) is 6.07 Å². The number of rotatable bonds is 10. The highest BCUT2D eigenvalue weighted by Crippen LogP contribution is 2.60. The molecule has 4 bridgehead atoms. The monoisotopic (exact) mass is 551 g/mol. The average Bonchev–Trinajstić information content (AvgIpc) is 2.94. The molecule has 1 aromatic carbocycles. The van der Waals surface area contributed by atoms with Crippen LogP contribution in [-0.2, 0) is 6.54 Å². The molecule has 7 nitrogen and oxygen atoms in total. The van der Waals surface area contributed by atoms with Crippen molar-refractivity contribution in [3.63, 3.8) is 0 Å². The summed E-state index contributed by atoms with van der Waals surface area (Å²) < 4.78 is 12.7. The Hall–Kier alpha value is -2.47. The van der Waals surface area contributed by atoms with Crippen molar-refractivity contribution in [2.75, 3.05) is 43.5 Å². The molecule has 0 radical (unpaired) electrons. The van der Waals surface area contributed by atoms with Gasteiger partial charge in [0, 0.05) is 36.7 Å². The molecule has 5 aliphatic rings. The third-order valence-electron chi connectivity index (χ3n) is 9.75. The zero-order chi connectivity index (χ0) is 26.8. The molecule has 7 rings (SSSR count). The first-order valence-corrected chi connectivity index (χ1v) is 14.9. The summed E-state index contributed by atoms with van der Waals surface area (Å²) >= 11 is 6.30. The number of aromatic nitrogens is 2. The molecule has 4 aliphatic carbocycles. The maximum absolute atomic E-state index is 12.7. The number of hydrogen-bond donors (Lipinski definition) is 3. The fourth-order valence-corrected chi connectivity index (χ4v) is 8.37. The summed E-state index contributed by atoms with van der Waals surface area (Å²) in [4.78, 5) is 11.3. The molecular formula is C30H39ClFN7. The minimum absolute atomic E-state index is 0.242. The fourth-order valence-electron chi connectivity index (χ4n) is 8.17. The van der Waals surface area contributed by atoms with Crippen LogP contribution in [0.5, 0.6) is 0 Å². The van der Waals surface area contributed by atoms with Crippen LogP contribution in [0.15, 0.2) is 30.5 Å². The Balaban J connectivity index is 1.08. The van der Waals surface area contributed by atoms with E-state index in [0.29, 0.717) is 47.5 Å². The van der Waals surface area contributed by atoms with E-state index in [2.05, 4.69) is 36.9 Å². The molecule has 5 fully saturated rings. The largest absolute Gasteiger partial charge is 0.368 e. The average molecular weight is 552 g/mol. The second kappa shape index (κ2) is 11.6. The van der Waals surface area contributed by atoms with Gasteiger partial charge in [-0.25, -0.2) is 9.37 Å². The van der Waals surface area contributed by atoms with Gasteiger partial charge in [0.15, 0.2) is 0 Å². The number of hydrogen-bond acceptors (Lipinski definition) is 7. The Bertz CT molecular complexity index is 1180. The van der Waals surface area contributed by atoms with Crippen molar-refractivity contribution in [2.45, 2.75) is 63.6 Å². The van der Waals surface area contributed by atoms with Crippen molar-refractivity contribution in [1.29, 1.82) is 5.26 Å². The number of nitriles is 1. The molecule has 9 heteroatoms. The Morgan fingerprint density at radius 2 is 1.87 bits per heavy atom. The molecule has 1 aromatic heterocycles. The van der Waals surface area contributed by atoms with E-state index >= 15 is 0 Å². The highest BCUT2D eigenvalue weighted by molar-refractivity contribution is 6.31. The first kappa shape index (κ1) is 26.7. The van der Waals surface area contributed by atoms with Gasteiger partial charge in [0.2, 0.25) is 5.95 Å². The molecule has 0 amide bonds. The van der Waals surface area contributed by atoms with Gasteiger partial charge in [-0.2, -0.15) is 10.2 Å². The highest BCUT2D eigenvalue weighted by Gasteiger charge is 2.55. The van der Waals surface area contributed by atoms with E-state index in [-0.39, 0.29) is 12.1 Å². The van der Waals surface area contributed by atoms with Gasteiger partial charge < -0.3 is 20.9 Å². The van der Waals surface area contributed by atoms with Crippen LogP contribution in [0, 0.1) is 34.5 Å². The van der Waals surface area contributed by atoms with E-state index in [1.54, 1.807) is 6.20 Å². The molecule has 1 unspecified atom stereocenters. The first-order valence-electron chi connectivity index (χ1n) is 14.6. The van der Waals surface area contributed by atoms with Crippen molar-refractivity contribution in [1.82, 2.24) is 20.2 Å². The molecule has 4 saturated carbocycles. The minimum Gasteiger partial charge on any atom is -0.368 e. The van der Waals surface area contributed by atoms with Crippen LogP contribution in [0.25, 0.3) is 0 Å². The van der Waals surface area contributed by atoms with Crippen molar-refractivity contribution >= 4 is 23.4 Å². The van der Waals surface area contributed by atoms with Crippen LogP contribution in [0.3, 0.4) is 0 Å². The summed E-state index contributed by atoms with van der Waals surface area (Å²) in [7, 11) is 0. The van der Waals surface area contributed by atoms with E-state index < -0.39 is 0 Å². The van der Waals surface area contributed by atoms with Gasteiger partial charge in [-0.1, -0.05) is 29.8 Å². The van der Waals surface area contributed by atoms with Crippen LogP contribution in [0.4, 0.5) is 16.2 Å². The maximum Gasteiger partial charge on any atom is 0.224 e. The topological polar surface area (TPSA) is 88.9 Å². The zero-order valence-electron chi connectivity index (χ0n) is 22.5. The third kappa shape index (κ3) is 5.86. The summed E-state index contributed by atoms with van der Waals surface area (Å²) in [6.07, 6.45) is 10.3. The number of alkyl halides is 1. The van der Waals surface area contributed by atoms with E-state index in [1.165, 1.54) is 32.1 Å². The van der Waals surface area contributed by atoms with Crippen LogP contribution in [0.1, 0.15) is 56.1 Å². The molecule has 0 spiro atoms. The Morgan fingerprint density at radius 1 is 1.10 bits per heavy atom. The quantitative estimate of drug-likeness (QED) is 0.372. The van der Waals surface area contributed by atoms with Crippen molar-refractivity contribution in [2.24, 2.45) is 23.2 Å². The van der Waals surface area contributed by atoms with Gasteiger partial charge in [-0.05, 0) is 92.8 Å². The van der Waals surface area contributed by atoms with Gasteiger partial charge in [-0.15, -0.1) is 0 Å². The van der Waals surface area contributed by atoms with Crippen LogP contribution < -0.4 is 16.0 Å². The van der Waals surface area contributed by atoms with Crippen molar-refractivity contribution < 1.29 is 4.39 Å². The van der Waals surface area contributed by atoms with Crippen molar-refractivity contribution in [3.05, 3.63) is 46.6 Å². The molecule has 5 atom stereocenters. The standard InChI is InChI=1S/C30H39ClFN7/c31-26-4-2-1-3-21(26)17-34-29-35-18-24(16-33)28(38-29)36-19-30-13-20-11-22(14-30)27(23(12-20)15-30)37-25-5-8-39(9-6-25)10-7-32/h1-4,18,20,22-23,25,27,37H,5-15,17,19H2,(H2,34,35,36,38)/t20?,22-,23+,27-,30-. The van der Waals surface area contributed by atoms with Crippen LogP contribution >= 0.6 is 11.6 Å². The van der Waals surface area contributed by atoms with Crippen LogP contribution in [0.2, 0.25) is 5.02 Å². The molecular weight excluding hydrogens is 513 g/mol. The number of piperidine rings is 1. The highest BCUT2D eigenvalue weighted by atomic mass is 35.5. The number of benzene rings is 1. The molecule has 2 heterocycles. The fraction of sp³-hybridized carbons (Fsp3) is 0.633. The normalized spacial score (nSPS) is 30.3. The van der Waals surface area contributed by atoms with E-state index in [9.17, 15) is 9.65 Å². The zero-order valence-corrected chi connectivity index (χ0v) is 23.3. The molecule has 2 aromatic rings. The molecule has 1 aliphatic heterocycles. The number of nitrogens with zero attached hydrogens (tertiary/aromatic N) is 4. The Kier molecular flexibility index (Phi) is 7.93. The number of halogens is 2. The first-order chi connectivity index (χ1) is 19.0. The maximum atomic E-state index is 12.7. The van der Waals surface area contributed by atoms with E-state index in [4.69, 9.17) is 11.6 Å².